The molecular weight excluding hydrogens is 438 g/mol. The number of hydrogen-bond donors (Lipinski definition) is 0. The molecule has 0 spiro atoms. The van der Waals surface area contributed by atoms with Crippen molar-refractivity contribution >= 4 is 43.2 Å². The van der Waals surface area contributed by atoms with Crippen molar-refractivity contribution in [3.63, 3.8) is 0 Å². The van der Waals surface area contributed by atoms with Crippen LogP contribution in [-0.4, -0.2) is 24.5 Å². The maximum Gasteiger partial charge on any atom is 0.162 e. The number of fused-ring (bicyclic) bond motifs is 5. The fraction of sp³-hybridized carbons (Fsp3) is 0. The van der Waals surface area contributed by atoms with Gasteiger partial charge in [0.1, 0.15) is 5.82 Å². The maximum absolute atomic E-state index is 5.05. The van der Waals surface area contributed by atoms with Crippen LogP contribution >= 0.6 is 11.3 Å². The standard InChI is InChI=1S/C28H17N5S/c1-2-4-23-21(3-1)26-24(6-5-19-11-16-34-27(19)26)33(23)25-17-22(18-7-12-29-13-8-18)31-28(32-25)20-9-14-30-15-10-20/h1-17H. The highest BCUT2D eigenvalue weighted by Crippen LogP contribution is 2.39. The van der Waals surface area contributed by atoms with Crippen molar-refractivity contribution in [1.82, 2.24) is 24.5 Å². The third kappa shape index (κ3) is 2.93. The average molecular weight is 456 g/mol. The summed E-state index contributed by atoms with van der Waals surface area (Å²) in [5, 5.41) is 5.90. The van der Waals surface area contributed by atoms with E-state index < -0.39 is 0 Å². The molecule has 160 valence electrons. The van der Waals surface area contributed by atoms with Crippen LogP contribution in [0.5, 0.6) is 0 Å². The van der Waals surface area contributed by atoms with E-state index in [1.807, 2.05) is 24.3 Å². The van der Waals surface area contributed by atoms with E-state index >= 15 is 0 Å². The molecule has 0 saturated heterocycles. The number of benzene rings is 2. The quantitative estimate of drug-likeness (QED) is 0.290. The summed E-state index contributed by atoms with van der Waals surface area (Å²) >= 11 is 1.78. The zero-order chi connectivity index (χ0) is 22.5. The molecule has 0 bridgehead atoms. The Balaban J connectivity index is 1.59. The lowest BCUT2D eigenvalue weighted by Crippen LogP contribution is -2.02. The Labute approximate surface area is 199 Å². The Morgan fingerprint density at radius 1 is 0.676 bits per heavy atom. The van der Waals surface area contributed by atoms with Crippen molar-refractivity contribution in [2.75, 3.05) is 0 Å². The SMILES string of the molecule is c1ccc2c(c1)c1c3sccc3ccc1n2-c1cc(-c2ccncc2)nc(-c2ccncc2)n1. The van der Waals surface area contributed by atoms with Gasteiger partial charge in [0, 0.05) is 57.5 Å². The third-order valence-corrected chi connectivity index (χ3v) is 7.06. The minimum atomic E-state index is 0.662. The fourth-order valence-corrected chi connectivity index (χ4v) is 5.53. The molecule has 7 rings (SSSR count). The number of pyridine rings is 2. The number of nitrogens with zero attached hydrogens (tertiary/aromatic N) is 5. The van der Waals surface area contributed by atoms with E-state index in [1.54, 1.807) is 36.1 Å². The van der Waals surface area contributed by atoms with Gasteiger partial charge < -0.3 is 0 Å². The Morgan fingerprint density at radius 2 is 1.44 bits per heavy atom. The second-order valence-corrected chi connectivity index (χ2v) is 8.97. The van der Waals surface area contributed by atoms with Gasteiger partial charge in [-0.3, -0.25) is 14.5 Å². The average Bonchev–Trinajstić information content (AvgIpc) is 3.52. The zero-order valence-electron chi connectivity index (χ0n) is 18.0. The predicted octanol–water partition coefficient (Wildman–Crippen LogP) is 6.91. The van der Waals surface area contributed by atoms with Gasteiger partial charge in [-0.25, -0.2) is 9.97 Å². The minimum Gasteiger partial charge on any atom is -0.294 e. The van der Waals surface area contributed by atoms with Gasteiger partial charge in [0.2, 0.25) is 0 Å². The second-order valence-electron chi connectivity index (χ2n) is 8.06. The zero-order valence-corrected chi connectivity index (χ0v) is 18.8. The molecule has 0 atom stereocenters. The van der Waals surface area contributed by atoms with Gasteiger partial charge in [0.15, 0.2) is 5.82 Å². The van der Waals surface area contributed by atoms with Crippen LogP contribution in [-0.2, 0) is 0 Å². The molecule has 5 nitrogen and oxygen atoms in total. The Morgan fingerprint density at radius 3 is 2.26 bits per heavy atom. The summed E-state index contributed by atoms with van der Waals surface area (Å²) < 4.78 is 3.55. The smallest absolute Gasteiger partial charge is 0.162 e. The number of rotatable bonds is 3. The van der Waals surface area contributed by atoms with Crippen molar-refractivity contribution < 1.29 is 0 Å². The first-order valence-electron chi connectivity index (χ1n) is 11.0. The number of thiophene rings is 1. The van der Waals surface area contributed by atoms with Crippen LogP contribution in [0.4, 0.5) is 0 Å². The fourth-order valence-electron chi connectivity index (χ4n) is 4.57. The monoisotopic (exact) mass is 455 g/mol. The van der Waals surface area contributed by atoms with E-state index in [9.17, 15) is 0 Å². The molecule has 0 aliphatic rings. The Kier molecular flexibility index (Phi) is 4.25. The highest BCUT2D eigenvalue weighted by atomic mass is 32.1. The van der Waals surface area contributed by atoms with E-state index in [4.69, 9.17) is 9.97 Å². The predicted molar refractivity (Wildman–Crippen MR) is 138 cm³/mol. The van der Waals surface area contributed by atoms with Crippen LogP contribution in [0.15, 0.2) is 103 Å². The number of para-hydroxylation sites is 1. The molecule has 0 aliphatic carbocycles. The van der Waals surface area contributed by atoms with Crippen LogP contribution in [0.3, 0.4) is 0 Å². The van der Waals surface area contributed by atoms with Crippen LogP contribution < -0.4 is 0 Å². The highest BCUT2D eigenvalue weighted by molar-refractivity contribution is 7.18. The van der Waals surface area contributed by atoms with Crippen molar-refractivity contribution in [2.24, 2.45) is 0 Å². The van der Waals surface area contributed by atoms with Crippen molar-refractivity contribution in [2.45, 2.75) is 0 Å². The minimum absolute atomic E-state index is 0.662. The molecule has 0 unspecified atom stereocenters. The highest BCUT2D eigenvalue weighted by Gasteiger charge is 2.18. The van der Waals surface area contributed by atoms with Crippen LogP contribution in [0, 0.1) is 0 Å². The van der Waals surface area contributed by atoms with Gasteiger partial charge in [0.05, 0.1) is 16.7 Å². The molecule has 0 saturated carbocycles. The van der Waals surface area contributed by atoms with E-state index in [-0.39, 0.29) is 0 Å². The number of hydrogen-bond acceptors (Lipinski definition) is 5. The molecule has 0 amide bonds. The summed E-state index contributed by atoms with van der Waals surface area (Å²) in [4.78, 5) is 18.3. The molecule has 5 heterocycles. The Hall–Kier alpha value is -4.42. The van der Waals surface area contributed by atoms with Crippen LogP contribution in [0.2, 0.25) is 0 Å². The van der Waals surface area contributed by atoms with Gasteiger partial charge in [-0.2, -0.15) is 0 Å². The van der Waals surface area contributed by atoms with Crippen molar-refractivity contribution in [1.29, 1.82) is 0 Å². The topological polar surface area (TPSA) is 56.5 Å². The lowest BCUT2D eigenvalue weighted by atomic mass is 10.1. The van der Waals surface area contributed by atoms with Crippen molar-refractivity contribution in [3.05, 3.63) is 103 Å². The molecule has 5 aromatic heterocycles. The van der Waals surface area contributed by atoms with E-state index in [2.05, 4.69) is 68.4 Å². The van der Waals surface area contributed by atoms with Gasteiger partial charge in [-0.1, -0.05) is 24.3 Å². The molecule has 34 heavy (non-hydrogen) atoms. The van der Waals surface area contributed by atoms with E-state index in [1.165, 1.54) is 20.9 Å². The number of aromatic nitrogens is 5. The summed E-state index contributed by atoms with van der Waals surface area (Å²) in [7, 11) is 0. The molecule has 0 fully saturated rings. The van der Waals surface area contributed by atoms with Gasteiger partial charge >= 0.3 is 0 Å². The molecule has 0 radical (unpaired) electrons. The lowest BCUT2D eigenvalue weighted by molar-refractivity contribution is 1.05. The van der Waals surface area contributed by atoms with Crippen LogP contribution in [0.1, 0.15) is 0 Å². The molecule has 0 aliphatic heterocycles. The molecule has 7 aromatic rings. The van der Waals surface area contributed by atoms with Gasteiger partial charge in [-0.15, -0.1) is 11.3 Å². The summed E-state index contributed by atoms with van der Waals surface area (Å²) in [6.07, 6.45) is 7.12. The normalized spacial score (nSPS) is 11.5. The van der Waals surface area contributed by atoms with Gasteiger partial charge in [0.25, 0.3) is 0 Å². The second kappa shape index (κ2) is 7.57. The first-order valence-corrected chi connectivity index (χ1v) is 11.8. The van der Waals surface area contributed by atoms with Crippen molar-refractivity contribution in [3.8, 4) is 28.5 Å². The van der Waals surface area contributed by atoms with Crippen LogP contribution in [0.25, 0.3) is 60.4 Å². The summed E-state index contributed by atoms with van der Waals surface area (Å²) in [5.74, 6) is 1.49. The molecule has 0 N–H and O–H groups in total. The largest absolute Gasteiger partial charge is 0.294 e. The lowest BCUT2D eigenvalue weighted by Gasteiger charge is -2.12. The van der Waals surface area contributed by atoms with Gasteiger partial charge in [-0.05, 0) is 53.2 Å². The first-order chi connectivity index (χ1) is 16.9. The maximum atomic E-state index is 5.05. The molecular formula is C28H17N5S. The Bertz CT molecular complexity index is 1750. The summed E-state index contributed by atoms with van der Waals surface area (Å²) in [5.41, 5.74) is 5.03. The summed E-state index contributed by atoms with van der Waals surface area (Å²) in [6, 6.07) is 25.0. The molecule has 6 heteroatoms. The van der Waals surface area contributed by atoms with E-state index in [0.717, 1.165) is 33.7 Å². The summed E-state index contributed by atoms with van der Waals surface area (Å²) in [6.45, 7) is 0. The first kappa shape index (κ1) is 19.1. The third-order valence-electron chi connectivity index (χ3n) is 6.11. The molecule has 2 aromatic carbocycles. The van der Waals surface area contributed by atoms with E-state index in [0.29, 0.717) is 5.82 Å².